The average molecular weight is 572 g/mol. The number of amides is 2. The number of carbonyl (C=O) groups is 2. The Bertz CT molecular complexity index is 1350. The topological polar surface area (TPSA) is 96.0 Å². The molecular weight excluding hydrogens is 538 g/mol. The molecule has 0 aliphatic heterocycles. The van der Waals surface area contributed by atoms with Crippen LogP contribution in [0.4, 0.5) is 5.69 Å². The van der Waals surface area contributed by atoms with Crippen LogP contribution < -0.4 is 14.4 Å². The van der Waals surface area contributed by atoms with Gasteiger partial charge in [-0.2, -0.15) is 0 Å². The van der Waals surface area contributed by atoms with Crippen molar-refractivity contribution in [2.24, 2.45) is 0 Å². The molecule has 1 unspecified atom stereocenters. The Kier molecular flexibility index (Phi) is 10.4. The highest BCUT2D eigenvalue weighted by molar-refractivity contribution is 7.92. The van der Waals surface area contributed by atoms with Crippen LogP contribution in [0.5, 0.6) is 5.75 Å². The number of nitrogens with zero attached hydrogens (tertiary/aromatic N) is 2. The fourth-order valence-corrected chi connectivity index (χ4v) is 5.63. The Morgan fingerprint density at radius 1 is 0.949 bits per heavy atom. The summed E-state index contributed by atoms with van der Waals surface area (Å²) >= 11 is 6.06. The molecule has 3 rings (SSSR count). The Balaban J connectivity index is 2.04. The number of halogens is 1. The van der Waals surface area contributed by atoms with Crippen molar-refractivity contribution in [1.82, 2.24) is 10.2 Å². The summed E-state index contributed by atoms with van der Waals surface area (Å²) in [6, 6.07) is 20.5. The summed E-state index contributed by atoms with van der Waals surface area (Å²) < 4.78 is 33.9. The normalized spacial score (nSPS) is 12.1. The minimum atomic E-state index is -4.18. The number of rotatable bonds is 12. The molecule has 0 aliphatic carbocycles. The lowest BCUT2D eigenvalue weighted by atomic mass is 10.1. The minimum Gasteiger partial charge on any atom is -0.497 e. The van der Waals surface area contributed by atoms with Crippen LogP contribution in [-0.2, 0) is 26.2 Å². The number of hydrogen-bond donors (Lipinski definition) is 1. The summed E-state index contributed by atoms with van der Waals surface area (Å²) in [4.78, 5) is 28.5. The van der Waals surface area contributed by atoms with E-state index >= 15 is 0 Å². The van der Waals surface area contributed by atoms with E-state index in [0.717, 1.165) is 9.87 Å². The highest BCUT2D eigenvalue weighted by atomic mass is 35.5. The van der Waals surface area contributed by atoms with Crippen molar-refractivity contribution >= 4 is 39.1 Å². The van der Waals surface area contributed by atoms with Gasteiger partial charge in [-0.15, -0.1) is 0 Å². The number of benzene rings is 3. The fourth-order valence-electron chi connectivity index (χ4n) is 4.09. The fraction of sp³-hybridized carbons (Fsp3) is 0.310. The highest BCUT2D eigenvalue weighted by Gasteiger charge is 2.33. The largest absolute Gasteiger partial charge is 0.497 e. The maximum Gasteiger partial charge on any atom is 0.264 e. The first-order valence-corrected chi connectivity index (χ1v) is 14.4. The molecule has 3 aromatic rings. The summed E-state index contributed by atoms with van der Waals surface area (Å²) in [5.74, 6) is -0.316. The number of carbonyl (C=O) groups excluding carboxylic acids is 2. The van der Waals surface area contributed by atoms with E-state index in [0.29, 0.717) is 17.2 Å². The zero-order valence-electron chi connectivity index (χ0n) is 22.5. The summed E-state index contributed by atoms with van der Waals surface area (Å²) in [7, 11) is -2.69. The molecule has 2 amide bonds. The van der Waals surface area contributed by atoms with Crippen LogP contribution in [0.2, 0.25) is 5.02 Å². The second-order valence-electron chi connectivity index (χ2n) is 9.26. The third-order valence-electron chi connectivity index (χ3n) is 6.05. The number of ether oxygens (including phenoxy) is 1. The van der Waals surface area contributed by atoms with Gasteiger partial charge in [0.05, 0.1) is 17.7 Å². The van der Waals surface area contributed by atoms with Crippen LogP contribution in [-0.4, -0.2) is 50.9 Å². The van der Waals surface area contributed by atoms with E-state index in [-0.39, 0.29) is 29.1 Å². The Labute approximate surface area is 235 Å². The van der Waals surface area contributed by atoms with Gasteiger partial charge in [-0.3, -0.25) is 13.9 Å². The summed E-state index contributed by atoms with van der Waals surface area (Å²) in [6.45, 7) is 5.13. The lowest BCUT2D eigenvalue weighted by molar-refractivity contribution is -0.140. The van der Waals surface area contributed by atoms with Gasteiger partial charge in [0.25, 0.3) is 10.0 Å². The number of anilines is 1. The standard InChI is InChI=1S/C29H34ClN3O5S/c1-5-27(29(35)31-21(2)3)32(19-22-9-7-6-8-10-22)28(34)20-33(24-13-11-23(30)12-14-24)39(36,37)26-17-15-25(38-4)16-18-26/h6-18,21,27H,5,19-20H2,1-4H3,(H,31,35). The van der Waals surface area contributed by atoms with Crippen molar-refractivity contribution in [2.45, 2.75) is 50.7 Å². The number of methoxy groups -OCH3 is 1. The molecule has 0 bridgehead atoms. The molecule has 0 aromatic heterocycles. The first kappa shape index (κ1) is 30.0. The van der Waals surface area contributed by atoms with Gasteiger partial charge < -0.3 is 15.0 Å². The molecule has 1 atom stereocenters. The quantitative estimate of drug-likeness (QED) is 0.334. The summed E-state index contributed by atoms with van der Waals surface area (Å²) in [5.41, 5.74) is 1.08. The lowest BCUT2D eigenvalue weighted by Crippen LogP contribution is -2.53. The van der Waals surface area contributed by atoms with Gasteiger partial charge in [0.15, 0.2) is 0 Å². The van der Waals surface area contributed by atoms with Crippen LogP contribution in [0.25, 0.3) is 0 Å². The average Bonchev–Trinajstić information content (AvgIpc) is 2.92. The first-order valence-electron chi connectivity index (χ1n) is 12.6. The van der Waals surface area contributed by atoms with E-state index in [1.54, 1.807) is 36.4 Å². The molecule has 208 valence electrons. The zero-order chi connectivity index (χ0) is 28.6. The molecule has 0 fully saturated rings. The predicted molar refractivity (Wildman–Crippen MR) is 153 cm³/mol. The number of hydrogen-bond acceptors (Lipinski definition) is 5. The molecule has 0 spiro atoms. The van der Waals surface area contributed by atoms with E-state index in [1.807, 2.05) is 51.1 Å². The zero-order valence-corrected chi connectivity index (χ0v) is 24.1. The van der Waals surface area contributed by atoms with Crippen molar-refractivity contribution in [3.8, 4) is 5.75 Å². The molecule has 0 saturated heterocycles. The number of sulfonamides is 1. The highest BCUT2D eigenvalue weighted by Crippen LogP contribution is 2.27. The third-order valence-corrected chi connectivity index (χ3v) is 8.09. The predicted octanol–water partition coefficient (Wildman–Crippen LogP) is 4.88. The maximum absolute atomic E-state index is 14.0. The van der Waals surface area contributed by atoms with Crippen LogP contribution in [0, 0.1) is 0 Å². The Morgan fingerprint density at radius 3 is 2.10 bits per heavy atom. The SMILES string of the molecule is CCC(C(=O)NC(C)C)N(Cc1ccccc1)C(=O)CN(c1ccc(Cl)cc1)S(=O)(=O)c1ccc(OC)cc1. The Morgan fingerprint density at radius 2 is 1.56 bits per heavy atom. The Hall–Kier alpha value is -3.56. The van der Waals surface area contributed by atoms with Crippen LogP contribution in [0.3, 0.4) is 0 Å². The van der Waals surface area contributed by atoms with Gasteiger partial charge in [-0.25, -0.2) is 8.42 Å². The molecular formula is C29H34ClN3O5S. The van der Waals surface area contributed by atoms with Crippen molar-refractivity contribution in [2.75, 3.05) is 18.0 Å². The van der Waals surface area contributed by atoms with Gasteiger partial charge in [0.1, 0.15) is 18.3 Å². The molecule has 39 heavy (non-hydrogen) atoms. The van der Waals surface area contributed by atoms with Gasteiger partial charge in [-0.1, -0.05) is 48.9 Å². The van der Waals surface area contributed by atoms with E-state index in [2.05, 4.69) is 5.32 Å². The molecule has 10 heteroatoms. The maximum atomic E-state index is 14.0. The third kappa shape index (κ3) is 7.74. The second-order valence-corrected chi connectivity index (χ2v) is 11.6. The lowest BCUT2D eigenvalue weighted by Gasteiger charge is -2.33. The van der Waals surface area contributed by atoms with Crippen molar-refractivity contribution in [1.29, 1.82) is 0 Å². The molecule has 0 radical (unpaired) electrons. The van der Waals surface area contributed by atoms with Gasteiger partial charge in [0.2, 0.25) is 11.8 Å². The first-order chi connectivity index (χ1) is 18.6. The smallest absolute Gasteiger partial charge is 0.264 e. The molecule has 0 heterocycles. The second kappa shape index (κ2) is 13.5. The van der Waals surface area contributed by atoms with Crippen molar-refractivity contribution in [3.63, 3.8) is 0 Å². The molecule has 8 nitrogen and oxygen atoms in total. The summed E-state index contributed by atoms with van der Waals surface area (Å²) in [5, 5.41) is 3.31. The monoisotopic (exact) mass is 571 g/mol. The van der Waals surface area contributed by atoms with Crippen molar-refractivity contribution < 1.29 is 22.7 Å². The van der Waals surface area contributed by atoms with E-state index in [9.17, 15) is 18.0 Å². The van der Waals surface area contributed by atoms with E-state index in [4.69, 9.17) is 16.3 Å². The van der Waals surface area contributed by atoms with Crippen LogP contribution >= 0.6 is 11.6 Å². The summed E-state index contributed by atoms with van der Waals surface area (Å²) in [6.07, 6.45) is 0.350. The minimum absolute atomic E-state index is 0.00903. The molecule has 1 N–H and O–H groups in total. The van der Waals surface area contributed by atoms with E-state index in [1.165, 1.54) is 24.1 Å². The van der Waals surface area contributed by atoms with Gasteiger partial charge in [0, 0.05) is 17.6 Å². The molecule has 0 aliphatic rings. The number of nitrogens with one attached hydrogen (secondary N) is 1. The molecule has 0 saturated carbocycles. The van der Waals surface area contributed by atoms with E-state index < -0.39 is 28.5 Å². The van der Waals surface area contributed by atoms with Crippen LogP contribution in [0.1, 0.15) is 32.8 Å². The van der Waals surface area contributed by atoms with Crippen molar-refractivity contribution in [3.05, 3.63) is 89.4 Å². The molecule has 3 aromatic carbocycles. The van der Waals surface area contributed by atoms with Crippen LogP contribution in [0.15, 0.2) is 83.8 Å². The van der Waals surface area contributed by atoms with Gasteiger partial charge >= 0.3 is 0 Å². The van der Waals surface area contributed by atoms with Gasteiger partial charge in [-0.05, 0) is 74.4 Å².